The number of carbonyl (C=O) groups excluding carboxylic acids is 2. The lowest BCUT2D eigenvalue weighted by molar-refractivity contribution is -0.151. The zero-order chi connectivity index (χ0) is 15.9. The summed E-state index contributed by atoms with van der Waals surface area (Å²) in [7, 11) is 0. The van der Waals surface area contributed by atoms with E-state index in [1.54, 1.807) is 11.8 Å². The Morgan fingerprint density at radius 2 is 1.80 bits per heavy atom. The van der Waals surface area contributed by atoms with Crippen LogP contribution in [0.15, 0.2) is 0 Å². The number of hydrogen-bond acceptors (Lipinski definition) is 4. The summed E-state index contributed by atoms with van der Waals surface area (Å²) in [5.74, 6) is -0.696. The normalized spacial score (nSPS) is 13.2. The van der Waals surface area contributed by atoms with E-state index in [0.29, 0.717) is 19.6 Å². The fourth-order valence-electron chi connectivity index (χ4n) is 2.11. The van der Waals surface area contributed by atoms with Gasteiger partial charge < -0.3 is 15.4 Å². The summed E-state index contributed by atoms with van der Waals surface area (Å²) in [4.78, 5) is 25.7. The number of carbonyl (C=O) groups is 2. The fraction of sp³-hybridized carbons (Fsp3) is 0.867. The van der Waals surface area contributed by atoms with Gasteiger partial charge in [0.15, 0.2) is 0 Å². The van der Waals surface area contributed by atoms with Crippen molar-refractivity contribution >= 4 is 11.9 Å². The molecule has 0 spiro atoms. The van der Waals surface area contributed by atoms with Gasteiger partial charge >= 0.3 is 5.97 Å². The molecule has 0 saturated carbocycles. The van der Waals surface area contributed by atoms with Crippen molar-refractivity contribution in [3.05, 3.63) is 0 Å². The lowest BCUT2D eigenvalue weighted by atomic mass is 9.84. The summed E-state index contributed by atoms with van der Waals surface area (Å²) in [5, 5.41) is 0. The Labute approximate surface area is 122 Å². The highest BCUT2D eigenvalue weighted by atomic mass is 16.5. The van der Waals surface area contributed by atoms with Crippen LogP contribution >= 0.6 is 0 Å². The first-order valence-corrected chi connectivity index (χ1v) is 7.28. The zero-order valence-corrected chi connectivity index (χ0v) is 13.7. The van der Waals surface area contributed by atoms with Gasteiger partial charge in [0, 0.05) is 12.6 Å². The van der Waals surface area contributed by atoms with Crippen LogP contribution in [0.4, 0.5) is 0 Å². The molecule has 20 heavy (non-hydrogen) atoms. The second kappa shape index (κ2) is 8.25. The molecule has 118 valence electrons. The van der Waals surface area contributed by atoms with Crippen LogP contribution in [0.3, 0.4) is 0 Å². The largest absolute Gasteiger partial charge is 0.465 e. The summed E-state index contributed by atoms with van der Waals surface area (Å²) in [5.41, 5.74) is 5.76. The predicted molar refractivity (Wildman–Crippen MR) is 80.1 cm³/mol. The number of nitrogens with zero attached hydrogens (tertiary/aromatic N) is 1. The van der Waals surface area contributed by atoms with Crippen LogP contribution in [0.2, 0.25) is 0 Å². The van der Waals surface area contributed by atoms with E-state index in [9.17, 15) is 9.59 Å². The van der Waals surface area contributed by atoms with Gasteiger partial charge in [-0.05, 0) is 32.6 Å². The molecule has 0 rings (SSSR count). The van der Waals surface area contributed by atoms with Crippen LogP contribution in [-0.2, 0) is 14.3 Å². The van der Waals surface area contributed by atoms with Crippen molar-refractivity contribution in [2.75, 3.05) is 19.7 Å². The average molecular weight is 286 g/mol. The molecular weight excluding hydrogens is 256 g/mol. The summed E-state index contributed by atoms with van der Waals surface area (Å²) >= 11 is 0. The summed E-state index contributed by atoms with van der Waals surface area (Å²) in [6.07, 6.45) is 0.703. The molecule has 0 fully saturated rings. The minimum Gasteiger partial charge on any atom is -0.465 e. The first-order valence-electron chi connectivity index (χ1n) is 7.28. The predicted octanol–water partition coefficient (Wildman–Crippen LogP) is 1.80. The quantitative estimate of drug-likeness (QED) is 0.724. The van der Waals surface area contributed by atoms with Gasteiger partial charge in [-0.2, -0.15) is 0 Å². The highest BCUT2D eigenvalue weighted by Gasteiger charge is 2.30. The Bertz CT molecular complexity index is 322. The van der Waals surface area contributed by atoms with E-state index < -0.39 is 0 Å². The summed E-state index contributed by atoms with van der Waals surface area (Å²) < 4.78 is 4.92. The van der Waals surface area contributed by atoms with Crippen LogP contribution in [0, 0.1) is 11.3 Å². The van der Waals surface area contributed by atoms with E-state index in [2.05, 4.69) is 20.8 Å². The highest BCUT2D eigenvalue weighted by molar-refractivity contribution is 5.84. The molecular formula is C15H30N2O3. The number of esters is 1. The molecule has 2 N–H and O–H groups in total. The van der Waals surface area contributed by atoms with Crippen molar-refractivity contribution in [3.8, 4) is 0 Å². The first-order chi connectivity index (χ1) is 9.12. The highest BCUT2D eigenvalue weighted by Crippen LogP contribution is 2.25. The number of hydrogen-bond donors (Lipinski definition) is 1. The molecule has 1 amide bonds. The van der Waals surface area contributed by atoms with Crippen molar-refractivity contribution in [1.82, 2.24) is 4.90 Å². The Hall–Kier alpha value is -1.10. The van der Waals surface area contributed by atoms with Gasteiger partial charge in [-0.3, -0.25) is 9.59 Å². The van der Waals surface area contributed by atoms with Crippen LogP contribution in [-0.4, -0.2) is 42.5 Å². The molecule has 0 saturated heterocycles. The Kier molecular flexibility index (Phi) is 7.79. The maximum absolute atomic E-state index is 12.6. The maximum atomic E-state index is 12.6. The van der Waals surface area contributed by atoms with Crippen LogP contribution in [0.5, 0.6) is 0 Å². The number of ether oxygens (including phenoxy) is 1. The molecule has 0 bridgehead atoms. The number of rotatable bonds is 7. The lowest BCUT2D eigenvalue weighted by Gasteiger charge is -2.32. The van der Waals surface area contributed by atoms with Gasteiger partial charge in [0.25, 0.3) is 0 Å². The third-order valence-electron chi connectivity index (χ3n) is 3.00. The average Bonchev–Trinajstić information content (AvgIpc) is 2.31. The van der Waals surface area contributed by atoms with Gasteiger partial charge in [-0.25, -0.2) is 0 Å². The topological polar surface area (TPSA) is 72.6 Å². The SMILES string of the molecule is CCOC(=O)CN(C(=O)C(CN)CC(C)(C)C)C(C)C. The van der Waals surface area contributed by atoms with Crippen molar-refractivity contribution in [2.45, 2.75) is 54.0 Å². The van der Waals surface area contributed by atoms with Crippen LogP contribution in [0.1, 0.15) is 48.0 Å². The van der Waals surface area contributed by atoms with E-state index in [0.717, 1.165) is 0 Å². The maximum Gasteiger partial charge on any atom is 0.325 e. The van der Waals surface area contributed by atoms with Gasteiger partial charge in [0.1, 0.15) is 6.54 Å². The molecule has 0 heterocycles. The van der Waals surface area contributed by atoms with E-state index >= 15 is 0 Å². The van der Waals surface area contributed by atoms with Crippen molar-refractivity contribution in [1.29, 1.82) is 0 Å². The van der Waals surface area contributed by atoms with Gasteiger partial charge in [0.05, 0.1) is 12.5 Å². The zero-order valence-electron chi connectivity index (χ0n) is 13.7. The molecule has 5 nitrogen and oxygen atoms in total. The van der Waals surface area contributed by atoms with Crippen molar-refractivity contribution in [3.63, 3.8) is 0 Å². The molecule has 0 aliphatic carbocycles. The van der Waals surface area contributed by atoms with E-state index in [1.807, 2.05) is 13.8 Å². The molecule has 1 atom stereocenters. The Morgan fingerprint density at radius 1 is 1.25 bits per heavy atom. The summed E-state index contributed by atoms with van der Waals surface area (Å²) in [6, 6.07) is -0.0547. The third kappa shape index (κ3) is 6.89. The Balaban J connectivity index is 4.89. The second-order valence-electron chi connectivity index (χ2n) is 6.56. The van der Waals surface area contributed by atoms with E-state index in [-0.39, 0.29) is 35.8 Å². The van der Waals surface area contributed by atoms with Crippen LogP contribution < -0.4 is 5.73 Å². The third-order valence-corrected chi connectivity index (χ3v) is 3.00. The molecule has 5 heteroatoms. The number of amides is 1. The molecule has 0 aromatic rings. The smallest absolute Gasteiger partial charge is 0.325 e. The van der Waals surface area contributed by atoms with Gasteiger partial charge in [-0.15, -0.1) is 0 Å². The minimum atomic E-state index is -0.374. The fourth-order valence-corrected chi connectivity index (χ4v) is 2.11. The second-order valence-corrected chi connectivity index (χ2v) is 6.56. The van der Waals surface area contributed by atoms with Crippen molar-refractivity contribution < 1.29 is 14.3 Å². The first kappa shape index (κ1) is 18.9. The molecule has 0 aromatic carbocycles. The lowest BCUT2D eigenvalue weighted by Crippen LogP contribution is -2.46. The number of nitrogens with two attached hydrogens (primary N) is 1. The molecule has 0 radical (unpaired) electrons. The van der Waals surface area contributed by atoms with E-state index in [4.69, 9.17) is 10.5 Å². The van der Waals surface area contributed by atoms with Gasteiger partial charge in [0.2, 0.25) is 5.91 Å². The Morgan fingerprint density at radius 3 is 2.15 bits per heavy atom. The van der Waals surface area contributed by atoms with Gasteiger partial charge in [-0.1, -0.05) is 20.8 Å². The minimum absolute atomic E-state index is 0.00895. The van der Waals surface area contributed by atoms with E-state index in [1.165, 1.54) is 0 Å². The van der Waals surface area contributed by atoms with Crippen LogP contribution in [0.25, 0.3) is 0 Å². The summed E-state index contributed by atoms with van der Waals surface area (Å²) in [6.45, 7) is 12.4. The molecule has 0 aliphatic rings. The molecule has 0 aromatic heterocycles. The van der Waals surface area contributed by atoms with Crippen molar-refractivity contribution in [2.24, 2.45) is 17.1 Å². The molecule has 0 aliphatic heterocycles. The monoisotopic (exact) mass is 286 g/mol. The molecule has 1 unspecified atom stereocenters. The standard InChI is InChI=1S/C15H30N2O3/c1-7-20-13(18)10-17(11(2)3)14(19)12(9-16)8-15(4,5)6/h11-12H,7-10,16H2,1-6H3.